The molecule has 0 aromatic rings. The normalized spacial score (nSPS) is 14.5. The molecule has 0 aliphatic carbocycles. The van der Waals surface area contributed by atoms with Crippen molar-refractivity contribution in [3.05, 3.63) is 36.5 Å². The van der Waals surface area contributed by atoms with Gasteiger partial charge in [-0.05, 0) is 57.8 Å². The van der Waals surface area contributed by atoms with Crippen LogP contribution in [0.15, 0.2) is 36.5 Å². The molecule has 3 atom stereocenters. The van der Waals surface area contributed by atoms with E-state index in [1.165, 1.54) is 167 Å². The summed E-state index contributed by atoms with van der Waals surface area (Å²) in [5.74, 6) is -0.187. The number of hydrogen-bond acceptors (Lipinski definition) is 5. The lowest BCUT2D eigenvalue weighted by atomic mass is 10.0. The first kappa shape index (κ1) is 57.7. The summed E-state index contributed by atoms with van der Waals surface area (Å²) in [5, 5.41) is 13.8. The molecule has 0 rings (SSSR count). The fourth-order valence-electron chi connectivity index (χ4n) is 7.11. The highest BCUT2D eigenvalue weighted by molar-refractivity contribution is 7.47. The van der Waals surface area contributed by atoms with Gasteiger partial charge in [0.25, 0.3) is 0 Å². The lowest BCUT2D eigenvalue weighted by molar-refractivity contribution is -0.870. The van der Waals surface area contributed by atoms with E-state index in [-0.39, 0.29) is 19.1 Å². The van der Waals surface area contributed by atoms with E-state index in [1.54, 1.807) is 6.08 Å². The third-order valence-corrected chi connectivity index (χ3v) is 12.1. The number of nitrogens with zero attached hydrogens (tertiary/aromatic N) is 1. The fraction of sp³-hybridized carbons (Fsp3) is 0.860. The molecule has 0 bridgehead atoms. The fourth-order valence-corrected chi connectivity index (χ4v) is 7.85. The first-order valence-electron chi connectivity index (χ1n) is 24.9. The number of carbonyl (C=O) groups excluding carboxylic acids is 1. The number of phosphoric ester groups is 1. The Balaban J connectivity index is 4.10. The van der Waals surface area contributed by atoms with E-state index in [1.807, 2.05) is 27.2 Å². The minimum absolute atomic E-state index is 0.0566. The molecule has 348 valence electrons. The van der Waals surface area contributed by atoms with E-state index in [9.17, 15) is 19.4 Å². The van der Waals surface area contributed by atoms with Gasteiger partial charge in [0, 0.05) is 6.42 Å². The van der Waals surface area contributed by atoms with E-state index in [2.05, 4.69) is 43.5 Å². The average Bonchev–Trinajstić information content (AvgIpc) is 3.19. The van der Waals surface area contributed by atoms with Gasteiger partial charge in [-0.2, -0.15) is 0 Å². The van der Waals surface area contributed by atoms with Gasteiger partial charge in [-0.1, -0.05) is 198 Å². The summed E-state index contributed by atoms with van der Waals surface area (Å²) in [6.07, 6.45) is 52.5. The molecule has 0 aromatic heterocycles. The van der Waals surface area contributed by atoms with Crippen molar-refractivity contribution < 1.29 is 32.9 Å². The third-order valence-electron chi connectivity index (χ3n) is 11.1. The largest absolute Gasteiger partial charge is 0.472 e. The number of aliphatic hydroxyl groups is 1. The van der Waals surface area contributed by atoms with Crippen molar-refractivity contribution in [3.63, 3.8) is 0 Å². The molecule has 3 N–H and O–H groups in total. The number of carbonyl (C=O) groups is 1. The van der Waals surface area contributed by atoms with Gasteiger partial charge >= 0.3 is 7.82 Å². The quantitative estimate of drug-likeness (QED) is 0.0244. The SMILES string of the molecule is CCCCCC/C=C/CC/C=C/C(O)C(COP(=O)(O)OCC[N+](C)(C)C)NC(=O)CCCCCCCCCCCCCCCCC/C=C\CCCCCCCCCC. The summed E-state index contributed by atoms with van der Waals surface area (Å²) in [7, 11) is 1.56. The number of aliphatic hydroxyl groups excluding tert-OH is 1. The molecule has 0 saturated heterocycles. The molecular weight excluding hydrogens is 756 g/mol. The molecule has 0 heterocycles. The van der Waals surface area contributed by atoms with E-state index < -0.39 is 20.0 Å². The van der Waals surface area contributed by atoms with Crippen molar-refractivity contribution >= 4 is 13.7 Å². The zero-order valence-corrected chi connectivity index (χ0v) is 40.4. The second-order valence-electron chi connectivity index (χ2n) is 18.2. The van der Waals surface area contributed by atoms with Crippen molar-refractivity contribution in [3.8, 4) is 0 Å². The average molecular weight is 854 g/mol. The number of rotatable bonds is 45. The maximum atomic E-state index is 12.9. The highest BCUT2D eigenvalue weighted by atomic mass is 31.2. The molecule has 0 spiro atoms. The second kappa shape index (κ2) is 42.0. The van der Waals surface area contributed by atoms with Crippen molar-refractivity contribution in [2.45, 2.75) is 238 Å². The first-order chi connectivity index (χ1) is 28.5. The van der Waals surface area contributed by atoms with Gasteiger partial charge in [0.15, 0.2) is 0 Å². The van der Waals surface area contributed by atoms with Crippen LogP contribution < -0.4 is 5.32 Å². The molecule has 1 amide bonds. The zero-order chi connectivity index (χ0) is 43.6. The van der Waals surface area contributed by atoms with Crippen LogP contribution in [0.5, 0.6) is 0 Å². The van der Waals surface area contributed by atoms with Gasteiger partial charge in [-0.25, -0.2) is 4.57 Å². The number of nitrogens with one attached hydrogen (secondary N) is 1. The summed E-state index contributed by atoms with van der Waals surface area (Å²) in [4.78, 5) is 23.1. The van der Waals surface area contributed by atoms with Crippen molar-refractivity contribution in [2.24, 2.45) is 0 Å². The molecule has 8 nitrogen and oxygen atoms in total. The standard InChI is InChI=1S/C50H97N2O6P/c1-6-8-10-12-14-16-18-19-20-21-22-23-24-25-26-27-28-29-30-31-32-33-34-36-38-40-42-44-50(54)51-48(47-58-59(55,56)57-46-45-52(3,4)5)49(53)43-41-39-37-35-17-15-13-11-9-7-2/h17,21-22,35,41,43,48-49,53H,6-16,18-20,23-34,36-40,42,44-47H2,1-5H3,(H-,51,54,55,56)/p+1/b22-21-,35-17+,43-41+. The number of quaternary nitrogens is 1. The van der Waals surface area contributed by atoms with Crippen LogP contribution in [0.1, 0.15) is 226 Å². The molecule has 59 heavy (non-hydrogen) atoms. The summed E-state index contributed by atoms with van der Waals surface area (Å²) >= 11 is 0. The Morgan fingerprint density at radius 2 is 0.932 bits per heavy atom. The Morgan fingerprint density at radius 3 is 1.37 bits per heavy atom. The summed E-state index contributed by atoms with van der Waals surface area (Å²) in [6, 6.07) is -0.859. The smallest absolute Gasteiger partial charge is 0.387 e. The van der Waals surface area contributed by atoms with Crippen molar-refractivity contribution in [1.82, 2.24) is 5.32 Å². The van der Waals surface area contributed by atoms with Gasteiger partial charge in [0.05, 0.1) is 39.9 Å². The Hall–Kier alpha value is -1.28. The van der Waals surface area contributed by atoms with E-state index in [4.69, 9.17) is 9.05 Å². The minimum atomic E-state index is -4.34. The molecule has 9 heteroatoms. The van der Waals surface area contributed by atoms with Crippen LogP contribution >= 0.6 is 7.82 Å². The first-order valence-corrected chi connectivity index (χ1v) is 26.4. The minimum Gasteiger partial charge on any atom is -0.387 e. The van der Waals surface area contributed by atoms with Crippen LogP contribution in [0.25, 0.3) is 0 Å². The second-order valence-corrected chi connectivity index (χ2v) is 19.6. The maximum absolute atomic E-state index is 12.9. The lowest BCUT2D eigenvalue weighted by Gasteiger charge is -2.25. The Bertz CT molecular complexity index is 1060. The summed E-state index contributed by atoms with van der Waals surface area (Å²) in [5.41, 5.74) is 0. The van der Waals surface area contributed by atoms with Crippen LogP contribution in [0.3, 0.4) is 0 Å². The molecule has 3 unspecified atom stereocenters. The number of hydrogen-bond donors (Lipinski definition) is 3. The van der Waals surface area contributed by atoms with Gasteiger partial charge < -0.3 is 19.8 Å². The Labute approximate surface area is 366 Å². The van der Waals surface area contributed by atoms with E-state index >= 15 is 0 Å². The number of likely N-dealkylation sites (N-methyl/N-ethyl adjacent to an activating group) is 1. The van der Waals surface area contributed by atoms with E-state index in [0.717, 1.165) is 38.5 Å². The molecule has 0 aromatic carbocycles. The third kappa shape index (κ3) is 44.6. The van der Waals surface area contributed by atoms with Crippen molar-refractivity contribution in [2.75, 3.05) is 40.9 Å². The molecule has 0 radical (unpaired) electrons. The monoisotopic (exact) mass is 854 g/mol. The number of allylic oxidation sites excluding steroid dienone is 5. The van der Waals surface area contributed by atoms with Crippen LogP contribution in [-0.2, 0) is 18.4 Å². The molecule has 0 fully saturated rings. The van der Waals surface area contributed by atoms with Gasteiger partial charge in [-0.3, -0.25) is 13.8 Å². The Kier molecular flexibility index (Phi) is 41.1. The lowest BCUT2D eigenvalue weighted by Crippen LogP contribution is -2.45. The number of amides is 1. The van der Waals surface area contributed by atoms with Crippen LogP contribution in [0.4, 0.5) is 0 Å². The predicted octanol–water partition coefficient (Wildman–Crippen LogP) is 14.3. The van der Waals surface area contributed by atoms with Crippen LogP contribution in [0.2, 0.25) is 0 Å². The topological polar surface area (TPSA) is 105 Å². The zero-order valence-electron chi connectivity index (χ0n) is 39.5. The molecule has 0 aliphatic heterocycles. The highest BCUT2D eigenvalue weighted by Gasteiger charge is 2.27. The predicted molar refractivity (Wildman–Crippen MR) is 254 cm³/mol. The maximum Gasteiger partial charge on any atom is 0.472 e. The number of phosphoric acid groups is 1. The summed E-state index contributed by atoms with van der Waals surface area (Å²) in [6.45, 7) is 4.76. The number of unbranched alkanes of at least 4 members (excludes halogenated alkanes) is 28. The Morgan fingerprint density at radius 1 is 0.559 bits per heavy atom. The molecule has 0 saturated carbocycles. The molecule has 0 aliphatic rings. The van der Waals surface area contributed by atoms with Crippen molar-refractivity contribution in [1.29, 1.82) is 0 Å². The summed E-state index contributed by atoms with van der Waals surface area (Å²) < 4.78 is 23.5. The van der Waals surface area contributed by atoms with Crippen LogP contribution in [-0.4, -0.2) is 73.4 Å². The highest BCUT2D eigenvalue weighted by Crippen LogP contribution is 2.43. The molecular formula is C50H98N2O6P+. The van der Waals surface area contributed by atoms with E-state index in [0.29, 0.717) is 17.4 Å². The van der Waals surface area contributed by atoms with Gasteiger partial charge in [-0.15, -0.1) is 0 Å². The van der Waals surface area contributed by atoms with Crippen LogP contribution in [0, 0.1) is 0 Å². The van der Waals surface area contributed by atoms with Gasteiger partial charge in [0.2, 0.25) is 5.91 Å². The van der Waals surface area contributed by atoms with Gasteiger partial charge in [0.1, 0.15) is 13.2 Å².